The molecule has 3 aromatic rings. The molecule has 0 spiro atoms. The highest BCUT2D eigenvalue weighted by Crippen LogP contribution is 2.11. The van der Waals surface area contributed by atoms with Gasteiger partial charge in [0.1, 0.15) is 18.2 Å². The molecule has 3 rings (SSSR count). The van der Waals surface area contributed by atoms with E-state index in [0.717, 1.165) is 0 Å². The van der Waals surface area contributed by atoms with E-state index in [1.165, 1.54) is 33.7 Å². The van der Waals surface area contributed by atoms with Crippen molar-refractivity contribution in [3.05, 3.63) is 75.2 Å². The van der Waals surface area contributed by atoms with E-state index in [-0.39, 0.29) is 31.3 Å². The van der Waals surface area contributed by atoms with Gasteiger partial charge in [-0.15, -0.1) is 0 Å². The number of H-pyrrole nitrogens is 1. The Morgan fingerprint density at radius 3 is 2.61 bits per heavy atom. The van der Waals surface area contributed by atoms with Crippen molar-refractivity contribution >= 4 is 16.8 Å². The smallest absolute Gasteiger partial charge is 0.328 e. The van der Waals surface area contributed by atoms with Gasteiger partial charge in [0.2, 0.25) is 5.91 Å². The maximum Gasteiger partial charge on any atom is 0.328 e. The summed E-state index contributed by atoms with van der Waals surface area (Å²) in [6, 6.07) is 12.4. The number of benzene rings is 2. The van der Waals surface area contributed by atoms with Gasteiger partial charge in [0, 0.05) is 20.0 Å². The van der Waals surface area contributed by atoms with Crippen molar-refractivity contribution in [2.75, 3.05) is 20.2 Å². The van der Waals surface area contributed by atoms with Gasteiger partial charge in [-0.05, 0) is 36.4 Å². The van der Waals surface area contributed by atoms with Crippen molar-refractivity contribution in [2.45, 2.75) is 13.0 Å². The Morgan fingerprint density at radius 1 is 1.14 bits per heavy atom. The summed E-state index contributed by atoms with van der Waals surface area (Å²) in [5, 5.41) is 0.399. The molecule has 0 bridgehead atoms. The Labute approximate surface area is 160 Å². The number of fused-ring (bicyclic) bond motifs is 1. The molecule has 0 saturated heterocycles. The highest BCUT2D eigenvalue weighted by atomic mass is 19.1. The molecule has 0 unspecified atom stereocenters. The van der Waals surface area contributed by atoms with Crippen LogP contribution in [0.2, 0.25) is 0 Å². The molecule has 7 nitrogen and oxygen atoms in total. The number of amides is 1. The zero-order valence-corrected chi connectivity index (χ0v) is 15.4. The van der Waals surface area contributed by atoms with E-state index < -0.39 is 11.2 Å². The second-order valence-corrected chi connectivity index (χ2v) is 6.30. The topological polar surface area (TPSA) is 84.4 Å². The average molecular weight is 385 g/mol. The van der Waals surface area contributed by atoms with Crippen LogP contribution in [0.25, 0.3) is 10.9 Å². The van der Waals surface area contributed by atoms with Gasteiger partial charge in [0.05, 0.1) is 17.4 Å². The van der Waals surface area contributed by atoms with Crippen molar-refractivity contribution in [3.8, 4) is 5.75 Å². The van der Waals surface area contributed by atoms with Crippen molar-refractivity contribution in [3.63, 3.8) is 0 Å². The molecule has 0 radical (unpaired) electrons. The maximum atomic E-state index is 12.9. The highest BCUT2D eigenvalue weighted by molar-refractivity contribution is 5.78. The third-order valence-electron chi connectivity index (χ3n) is 4.39. The molecular weight excluding hydrogens is 365 g/mol. The lowest BCUT2D eigenvalue weighted by molar-refractivity contribution is -0.130. The van der Waals surface area contributed by atoms with Gasteiger partial charge >= 0.3 is 5.69 Å². The van der Waals surface area contributed by atoms with E-state index in [0.29, 0.717) is 23.2 Å². The Kier molecular flexibility index (Phi) is 5.88. The minimum atomic E-state index is -0.543. The molecule has 0 saturated carbocycles. The first kappa shape index (κ1) is 19.3. The fraction of sp³-hybridized carbons (Fsp3) is 0.250. The number of aromatic amines is 1. The molecule has 0 aliphatic carbocycles. The second kappa shape index (κ2) is 8.51. The average Bonchev–Trinajstić information content (AvgIpc) is 2.69. The van der Waals surface area contributed by atoms with E-state index in [1.54, 1.807) is 31.3 Å². The SMILES string of the molecule is CN(CCOc1ccc(F)cc1)C(=O)CCn1c(=O)[nH]c(=O)c2ccccc21. The lowest BCUT2D eigenvalue weighted by Gasteiger charge is -2.18. The zero-order valence-electron chi connectivity index (χ0n) is 15.4. The third kappa shape index (κ3) is 4.46. The number of aromatic nitrogens is 2. The number of carbonyl (C=O) groups is 1. The predicted octanol–water partition coefficient (Wildman–Crippen LogP) is 1.76. The van der Waals surface area contributed by atoms with E-state index in [4.69, 9.17) is 4.74 Å². The van der Waals surface area contributed by atoms with Gasteiger partial charge in [0.15, 0.2) is 0 Å². The van der Waals surface area contributed by atoms with Gasteiger partial charge in [-0.3, -0.25) is 19.1 Å². The van der Waals surface area contributed by atoms with Gasteiger partial charge in [-0.25, -0.2) is 9.18 Å². The number of hydrogen-bond donors (Lipinski definition) is 1. The first-order chi connectivity index (χ1) is 13.5. The summed E-state index contributed by atoms with van der Waals surface area (Å²) in [5.41, 5.74) is -0.497. The minimum absolute atomic E-state index is 0.100. The lowest BCUT2D eigenvalue weighted by atomic mass is 10.2. The molecule has 1 amide bonds. The Balaban J connectivity index is 1.58. The van der Waals surface area contributed by atoms with Crippen LogP contribution in [-0.4, -0.2) is 40.6 Å². The summed E-state index contributed by atoms with van der Waals surface area (Å²) in [5.74, 6) is 0.0167. The van der Waals surface area contributed by atoms with Gasteiger partial charge < -0.3 is 9.64 Å². The zero-order chi connectivity index (χ0) is 20.1. The summed E-state index contributed by atoms with van der Waals surface area (Å²) >= 11 is 0. The summed E-state index contributed by atoms with van der Waals surface area (Å²) < 4.78 is 19.7. The molecule has 8 heteroatoms. The van der Waals surface area contributed by atoms with Gasteiger partial charge in [-0.2, -0.15) is 0 Å². The Morgan fingerprint density at radius 2 is 1.86 bits per heavy atom. The second-order valence-electron chi connectivity index (χ2n) is 6.30. The number of para-hydroxylation sites is 1. The molecule has 0 aliphatic rings. The fourth-order valence-corrected chi connectivity index (χ4v) is 2.82. The Hall–Kier alpha value is -3.42. The normalized spacial score (nSPS) is 10.8. The number of rotatable bonds is 7. The monoisotopic (exact) mass is 385 g/mol. The molecule has 1 heterocycles. The van der Waals surface area contributed by atoms with Crippen LogP contribution in [-0.2, 0) is 11.3 Å². The van der Waals surface area contributed by atoms with Crippen molar-refractivity contribution in [2.24, 2.45) is 0 Å². The summed E-state index contributed by atoms with van der Waals surface area (Å²) in [6.45, 7) is 0.755. The van der Waals surface area contributed by atoms with Crippen LogP contribution in [0, 0.1) is 5.82 Å². The fourth-order valence-electron chi connectivity index (χ4n) is 2.82. The number of likely N-dealkylation sites (N-methyl/N-ethyl adjacent to an activating group) is 1. The lowest BCUT2D eigenvalue weighted by Crippen LogP contribution is -2.34. The van der Waals surface area contributed by atoms with Crippen molar-refractivity contribution in [1.29, 1.82) is 0 Å². The van der Waals surface area contributed by atoms with Crippen LogP contribution in [0.5, 0.6) is 5.75 Å². The first-order valence-electron chi connectivity index (χ1n) is 8.80. The number of carbonyl (C=O) groups excluding carboxylic acids is 1. The molecule has 0 aliphatic heterocycles. The molecule has 28 heavy (non-hydrogen) atoms. The van der Waals surface area contributed by atoms with Gasteiger partial charge in [0.25, 0.3) is 5.56 Å². The van der Waals surface area contributed by atoms with E-state index >= 15 is 0 Å². The standard InChI is InChI=1S/C20H20FN3O4/c1-23(12-13-28-15-8-6-14(21)7-9-15)18(25)10-11-24-17-5-3-2-4-16(17)19(26)22-20(24)27/h2-9H,10-13H2,1H3,(H,22,26,27). The molecule has 1 N–H and O–H groups in total. The summed E-state index contributed by atoms with van der Waals surface area (Å²) in [7, 11) is 1.64. The quantitative estimate of drug-likeness (QED) is 0.672. The van der Waals surface area contributed by atoms with Crippen LogP contribution < -0.4 is 16.0 Å². The van der Waals surface area contributed by atoms with E-state index in [2.05, 4.69) is 4.98 Å². The van der Waals surface area contributed by atoms with Gasteiger partial charge in [-0.1, -0.05) is 12.1 Å². The van der Waals surface area contributed by atoms with Crippen molar-refractivity contribution < 1.29 is 13.9 Å². The van der Waals surface area contributed by atoms with Crippen molar-refractivity contribution in [1.82, 2.24) is 14.5 Å². The molecule has 2 aromatic carbocycles. The Bertz CT molecular complexity index is 1090. The summed E-state index contributed by atoms with van der Waals surface area (Å²) in [6.07, 6.45) is 0.100. The minimum Gasteiger partial charge on any atom is -0.492 e. The van der Waals surface area contributed by atoms with Crippen LogP contribution in [0.15, 0.2) is 58.1 Å². The number of hydrogen-bond acceptors (Lipinski definition) is 4. The molecular formula is C20H20FN3O4. The number of halogens is 1. The number of ether oxygens (including phenoxy) is 1. The van der Waals surface area contributed by atoms with E-state index in [1.807, 2.05) is 0 Å². The van der Waals surface area contributed by atoms with E-state index in [9.17, 15) is 18.8 Å². The number of aryl methyl sites for hydroxylation is 1. The molecule has 0 fully saturated rings. The summed E-state index contributed by atoms with van der Waals surface area (Å²) in [4.78, 5) is 40.1. The maximum absolute atomic E-state index is 12.9. The van der Waals surface area contributed by atoms with Crippen LogP contribution in [0.3, 0.4) is 0 Å². The largest absolute Gasteiger partial charge is 0.492 e. The number of nitrogens with one attached hydrogen (secondary N) is 1. The first-order valence-corrected chi connectivity index (χ1v) is 8.80. The molecule has 0 atom stereocenters. The van der Waals surface area contributed by atoms with Crippen LogP contribution in [0.4, 0.5) is 4.39 Å². The highest BCUT2D eigenvalue weighted by Gasteiger charge is 2.12. The van der Waals surface area contributed by atoms with Crippen LogP contribution in [0.1, 0.15) is 6.42 Å². The third-order valence-corrected chi connectivity index (χ3v) is 4.39. The number of nitrogens with zero attached hydrogens (tertiary/aromatic N) is 2. The molecule has 1 aromatic heterocycles. The van der Waals surface area contributed by atoms with Crippen LogP contribution >= 0.6 is 0 Å². The predicted molar refractivity (Wildman–Crippen MR) is 103 cm³/mol. The molecule has 146 valence electrons.